The normalized spacial score (nSPS) is 14.3. The SMILES string of the molecule is CC/C=C/CC/C=C/CC/C=C/C(O)C(COP(=O)([O-])OCC[N+](C)(C)C)NC(=O)CCCCCCCCCCCCCCCCCCCCCCCCC/C=C\CCCCCCCCCC. The van der Waals surface area contributed by atoms with Crippen molar-refractivity contribution in [1.82, 2.24) is 5.32 Å². The number of hydrogen-bond acceptors (Lipinski definition) is 6. The Kier molecular flexibility index (Phi) is 48.3. The molecule has 1 amide bonds. The van der Waals surface area contributed by atoms with Crippen molar-refractivity contribution in [1.29, 1.82) is 0 Å². The van der Waals surface area contributed by atoms with Crippen molar-refractivity contribution in [2.24, 2.45) is 0 Å². The molecule has 0 fully saturated rings. The molecule has 0 aromatic heterocycles. The molecular weight excluding hydrogens is 852 g/mol. The second kappa shape index (κ2) is 49.4. The number of carbonyl (C=O) groups is 1. The summed E-state index contributed by atoms with van der Waals surface area (Å²) in [5, 5.41) is 13.7. The van der Waals surface area contributed by atoms with Gasteiger partial charge in [0.1, 0.15) is 13.2 Å². The fourth-order valence-electron chi connectivity index (χ4n) is 8.31. The maximum Gasteiger partial charge on any atom is 0.268 e. The fourth-order valence-corrected chi connectivity index (χ4v) is 9.03. The van der Waals surface area contributed by atoms with E-state index in [9.17, 15) is 19.4 Å². The number of phosphoric acid groups is 1. The first-order valence-electron chi connectivity index (χ1n) is 28.5. The van der Waals surface area contributed by atoms with E-state index in [1.807, 2.05) is 27.2 Å². The summed E-state index contributed by atoms with van der Waals surface area (Å²) >= 11 is 0. The third-order valence-corrected chi connectivity index (χ3v) is 13.7. The van der Waals surface area contributed by atoms with Crippen LogP contribution in [0.3, 0.4) is 0 Å². The molecule has 9 heteroatoms. The van der Waals surface area contributed by atoms with Crippen molar-refractivity contribution in [3.05, 3.63) is 48.6 Å². The monoisotopic (exact) mass is 963 g/mol. The van der Waals surface area contributed by atoms with Crippen molar-refractivity contribution in [3.63, 3.8) is 0 Å². The van der Waals surface area contributed by atoms with E-state index in [1.54, 1.807) is 6.08 Å². The van der Waals surface area contributed by atoms with Gasteiger partial charge in [0.2, 0.25) is 5.91 Å². The van der Waals surface area contributed by atoms with Crippen LogP contribution >= 0.6 is 7.82 Å². The number of likely N-dealkylation sites (N-methyl/N-ethyl adjacent to an activating group) is 1. The van der Waals surface area contributed by atoms with Gasteiger partial charge in [-0.3, -0.25) is 9.36 Å². The van der Waals surface area contributed by atoms with Gasteiger partial charge in [0.25, 0.3) is 7.82 Å². The van der Waals surface area contributed by atoms with Crippen LogP contribution in [-0.2, 0) is 18.4 Å². The molecule has 0 radical (unpaired) electrons. The molecule has 0 saturated carbocycles. The Morgan fingerprint density at radius 2 is 0.881 bits per heavy atom. The molecule has 394 valence electrons. The lowest BCUT2D eigenvalue weighted by Gasteiger charge is -2.29. The maximum atomic E-state index is 12.9. The van der Waals surface area contributed by atoms with Gasteiger partial charge in [-0.1, -0.05) is 242 Å². The summed E-state index contributed by atoms with van der Waals surface area (Å²) < 4.78 is 23.2. The highest BCUT2D eigenvalue weighted by Crippen LogP contribution is 2.38. The van der Waals surface area contributed by atoms with Crippen LogP contribution in [0.1, 0.15) is 264 Å². The predicted molar refractivity (Wildman–Crippen MR) is 288 cm³/mol. The van der Waals surface area contributed by atoms with Gasteiger partial charge < -0.3 is 28.8 Å². The van der Waals surface area contributed by atoms with Crippen LogP contribution in [-0.4, -0.2) is 68.5 Å². The molecule has 0 heterocycles. The molecule has 2 N–H and O–H groups in total. The second-order valence-electron chi connectivity index (χ2n) is 20.6. The summed E-state index contributed by atoms with van der Waals surface area (Å²) in [4.78, 5) is 25.3. The highest BCUT2D eigenvalue weighted by molar-refractivity contribution is 7.45. The number of allylic oxidation sites excluding steroid dienone is 7. The highest BCUT2D eigenvalue weighted by Gasteiger charge is 2.23. The van der Waals surface area contributed by atoms with E-state index in [2.05, 4.69) is 55.6 Å². The number of quaternary nitrogens is 1. The lowest BCUT2D eigenvalue weighted by molar-refractivity contribution is -0.870. The topological polar surface area (TPSA) is 108 Å². The number of hydrogen-bond donors (Lipinski definition) is 2. The quantitative estimate of drug-likeness (QED) is 0.0272. The molecule has 0 aliphatic carbocycles. The molecule has 0 aromatic rings. The van der Waals surface area contributed by atoms with Gasteiger partial charge in [-0.2, -0.15) is 0 Å². The minimum Gasteiger partial charge on any atom is -0.756 e. The van der Waals surface area contributed by atoms with Crippen LogP contribution in [0.25, 0.3) is 0 Å². The minimum atomic E-state index is -4.60. The minimum absolute atomic E-state index is 0.00886. The van der Waals surface area contributed by atoms with Crippen molar-refractivity contribution in [3.8, 4) is 0 Å². The fraction of sp³-hybridized carbons (Fsp3) is 0.845. The Hall–Kier alpha value is -1.54. The van der Waals surface area contributed by atoms with Crippen molar-refractivity contribution < 1.29 is 32.9 Å². The Balaban J connectivity index is 3.89. The zero-order valence-electron chi connectivity index (χ0n) is 44.9. The molecular formula is C58H111N2O6P. The third-order valence-electron chi connectivity index (χ3n) is 12.8. The van der Waals surface area contributed by atoms with Crippen molar-refractivity contribution in [2.75, 3.05) is 40.9 Å². The number of unbranched alkanes of at least 4 members (excludes halogenated alkanes) is 33. The summed E-state index contributed by atoms with van der Waals surface area (Å²) in [5.41, 5.74) is 0. The van der Waals surface area contributed by atoms with Gasteiger partial charge in [-0.05, 0) is 64.2 Å². The molecule has 0 rings (SSSR count). The number of phosphoric ester groups is 1. The molecule has 0 aliphatic heterocycles. The summed E-state index contributed by atoms with van der Waals surface area (Å²) in [6, 6.07) is -0.907. The smallest absolute Gasteiger partial charge is 0.268 e. The van der Waals surface area contributed by atoms with Crippen LogP contribution in [0.5, 0.6) is 0 Å². The number of aliphatic hydroxyl groups is 1. The lowest BCUT2D eigenvalue weighted by Crippen LogP contribution is -2.45. The number of aliphatic hydroxyl groups excluding tert-OH is 1. The Bertz CT molecular complexity index is 1230. The van der Waals surface area contributed by atoms with Crippen LogP contribution in [0.15, 0.2) is 48.6 Å². The van der Waals surface area contributed by atoms with E-state index in [0.29, 0.717) is 17.4 Å². The molecule has 3 unspecified atom stereocenters. The van der Waals surface area contributed by atoms with E-state index in [1.165, 1.54) is 193 Å². The summed E-state index contributed by atoms with van der Waals surface area (Å²) in [6.07, 6.45) is 65.2. The van der Waals surface area contributed by atoms with Gasteiger partial charge >= 0.3 is 0 Å². The van der Waals surface area contributed by atoms with E-state index >= 15 is 0 Å². The molecule has 0 aliphatic rings. The number of nitrogens with one attached hydrogen (secondary N) is 1. The lowest BCUT2D eigenvalue weighted by atomic mass is 10.0. The van der Waals surface area contributed by atoms with Gasteiger partial charge in [0, 0.05) is 6.42 Å². The average Bonchev–Trinajstić information content (AvgIpc) is 3.29. The molecule has 67 heavy (non-hydrogen) atoms. The largest absolute Gasteiger partial charge is 0.756 e. The van der Waals surface area contributed by atoms with E-state index < -0.39 is 26.6 Å². The molecule has 0 aromatic carbocycles. The van der Waals surface area contributed by atoms with Crippen LogP contribution in [0.2, 0.25) is 0 Å². The van der Waals surface area contributed by atoms with E-state index in [4.69, 9.17) is 9.05 Å². The van der Waals surface area contributed by atoms with Crippen LogP contribution in [0.4, 0.5) is 0 Å². The first-order chi connectivity index (χ1) is 32.5. The van der Waals surface area contributed by atoms with Crippen molar-refractivity contribution >= 4 is 13.7 Å². The van der Waals surface area contributed by atoms with Crippen LogP contribution in [0, 0.1) is 0 Å². The van der Waals surface area contributed by atoms with Gasteiger partial charge in [0.15, 0.2) is 0 Å². The number of rotatable bonds is 52. The molecule has 0 spiro atoms. The zero-order valence-corrected chi connectivity index (χ0v) is 45.7. The highest BCUT2D eigenvalue weighted by atomic mass is 31.2. The Morgan fingerprint density at radius 3 is 1.28 bits per heavy atom. The van der Waals surface area contributed by atoms with E-state index in [0.717, 1.165) is 51.4 Å². The van der Waals surface area contributed by atoms with Crippen molar-refractivity contribution in [2.45, 2.75) is 276 Å². The summed E-state index contributed by atoms with van der Waals surface area (Å²) in [7, 11) is 1.24. The third kappa shape index (κ3) is 52.1. The maximum absolute atomic E-state index is 12.9. The van der Waals surface area contributed by atoms with E-state index in [-0.39, 0.29) is 12.5 Å². The first kappa shape index (κ1) is 65.5. The summed E-state index contributed by atoms with van der Waals surface area (Å²) in [6.45, 7) is 4.50. The van der Waals surface area contributed by atoms with Crippen LogP contribution < -0.4 is 10.2 Å². The molecule has 8 nitrogen and oxygen atoms in total. The predicted octanol–water partition coefficient (Wildman–Crippen LogP) is 16.5. The zero-order chi connectivity index (χ0) is 49.2. The standard InChI is InChI=1S/C58H111N2O6P/c1-6-8-10-12-14-16-18-19-20-21-22-23-24-25-26-27-28-29-30-31-32-33-34-35-36-37-38-39-40-41-42-44-46-48-50-52-58(62)59-56(55-66-67(63,64)65-54-53-60(3,4)5)57(61)51-49-47-45-43-17-15-13-11-9-7-2/h9,11,17,21-22,43,49,51,56-57,61H,6-8,10,12-16,18-20,23-42,44-48,50,52-55H2,1-5H3,(H-,59,62,63,64)/b11-9+,22-21-,43-17+,51-49+. The Morgan fingerprint density at radius 1 is 0.522 bits per heavy atom. The summed E-state index contributed by atoms with van der Waals surface area (Å²) in [5.74, 6) is -0.211. The average molecular weight is 964 g/mol. The Labute approximate surface area is 416 Å². The van der Waals surface area contributed by atoms with Gasteiger partial charge in [-0.25, -0.2) is 0 Å². The molecule has 0 bridgehead atoms. The first-order valence-corrected chi connectivity index (χ1v) is 30.0. The van der Waals surface area contributed by atoms with Gasteiger partial charge in [0.05, 0.1) is 39.9 Å². The molecule has 0 saturated heterocycles. The molecule has 3 atom stereocenters. The second-order valence-corrected chi connectivity index (χ2v) is 22.0. The van der Waals surface area contributed by atoms with Gasteiger partial charge in [-0.15, -0.1) is 0 Å². The number of carbonyl (C=O) groups excluding carboxylic acids is 1. The number of nitrogens with zero attached hydrogens (tertiary/aromatic N) is 1. The number of amides is 1.